The van der Waals surface area contributed by atoms with E-state index >= 15 is 0 Å². The molecule has 1 saturated heterocycles. The highest BCUT2D eigenvalue weighted by Gasteiger charge is 2.31. The molecule has 0 spiro atoms. The van der Waals surface area contributed by atoms with Gasteiger partial charge in [0.15, 0.2) is 0 Å². The van der Waals surface area contributed by atoms with Gasteiger partial charge in [0, 0.05) is 24.1 Å². The summed E-state index contributed by atoms with van der Waals surface area (Å²) < 4.78 is 17.1. The molecule has 0 aliphatic carbocycles. The van der Waals surface area contributed by atoms with Gasteiger partial charge in [0.2, 0.25) is 0 Å². The van der Waals surface area contributed by atoms with Crippen molar-refractivity contribution in [3.8, 4) is 11.5 Å². The van der Waals surface area contributed by atoms with Crippen molar-refractivity contribution in [2.45, 2.75) is 39.0 Å². The van der Waals surface area contributed by atoms with Gasteiger partial charge in [-0.25, -0.2) is 4.79 Å². The van der Waals surface area contributed by atoms with Crippen LogP contribution in [0.2, 0.25) is 0 Å². The molecule has 0 atom stereocenters. The van der Waals surface area contributed by atoms with Gasteiger partial charge in [-0.1, -0.05) is 15.9 Å². The molecular formula is C17H25BrN2O4. The van der Waals surface area contributed by atoms with Crippen LogP contribution in [-0.2, 0) is 11.3 Å². The van der Waals surface area contributed by atoms with Gasteiger partial charge in [0.1, 0.15) is 17.1 Å². The van der Waals surface area contributed by atoms with E-state index in [4.69, 9.17) is 14.2 Å². The van der Waals surface area contributed by atoms with Crippen molar-refractivity contribution in [2.75, 3.05) is 27.3 Å². The second kappa shape index (κ2) is 7.61. The number of carbonyl (C=O) groups excluding carboxylic acids is 1. The minimum atomic E-state index is -0.480. The molecule has 6 nitrogen and oxygen atoms in total. The fourth-order valence-electron chi connectivity index (χ4n) is 2.60. The Bertz CT molecular complexity index is 570. The summed E-state index contributed by atoms with van der Waals surface area (Å²) in [5, 5.41) is 2.88. The van der Waals surface area contributed by atoms with E-state index in [1.165, 1.54) is 0 Å². The number of amides is 1. The maximum Gasteiger partial charge on any atom is 0.407 e. The minimum absolute atomic E-state index is 0.104. The second-order valence-corrected chi connectivity index (χ2v) is 7.74. The zero-order valence-electron chi connectivity index (χ0n) is 14.8. The first-order chi connectivity index (χ1) is 11.2. The minimum Gasteiger partial charge on any atom is -0.496 e. The first-order valence-corrected chi connectivity index (χ1v) is 8.63. The zero-order chi connectivity index (χ0) is 17.9. The van der Waals surface area contributed by atoms with Crippen molar-refractivity contribution in [2.24, 2.45) is 0 Å². The number of ether oxygens (including phenoxy) is 3. The van der Waals surface area contributed by atoms with Crippen molar-refractivity contribution in [3.05, 3.63) is 22.2 Å². The third kappa shape index (κ3) is 5.01. The van der Waals surface area contributed by atoms with Crippen LogP contribution in [0.25, 0.3) is 0 Å². The molecule has 1 aromatic rings. The van der Waals surface area contributed by atoms with Crippen LogP contribution in [0.4, 0.5) is 4.79 Å². The van der Waals surface area contributed by atoms with Crippen LogP contribution in [-0.4, -0.2) is 49.9 Å². The maximum atomic E-state index is 11.8. The molecule has 1 aliphatic heterocycles. The largest absolute Gasteiger partial charge is 0.496 e. The first-order valence-electron chi connectivity index (χ1n) is 7.84. The number of methoxy groups -OCH3 is 2. The average molecular weight is 401 g/mol. The number of hydrogen-bond donors (Lipinski definition) is 1. The quantitative estimate of drug-likeness (QED) is 0.822. The molecule has 1 aliphatic rings. The van der Waals surface area contributed by atoms with Gasteiger partial charge in [-0.2, -0.15) is 0 Å². The van der Waals surface area contributed by atoms with E-state index < -0.39 is 5.60 Å². The molecule has 0 bridgehead atoms. The number of halogens is 1. The summed E-state index contributed by atoms with van der Waals surface area (Å²) in [6, 6.07) is 3.95. The molecule has 1 heterocycles. The number of carbonyl (C=O) groups is 1. The molecule has 0 aromatic heterocycles. The Hall–Kier alpha value is -1.47. The Balaban J connectivity index is 1.91. The van der Waals surface area contributed by atoms with E-state index in [0.717, 1.165) is 34.6 Å². The van der Waals surface area contributed by atoms with E-state index in [2.05, 4.69) is 26.1 Å². The number of rotatable bonds is 5. The number of nitrogens with zero attached hydrogens (tertiary/aromatic N) is 1. The van der Waals surface area contributed by atoms with Crippen molar-refractivity contribution in [1.82, 2.24) is 10.2 Å². The fraction of sp³-hybridized carbons (Fsp3) is 0.588. The molecule has 1 aromatic carbocycles. The summed E-state index contributed by atoms with van der Waals surface area (Å²) in [4.78, 5) is 14.0. The van der Waals surface area contributed by atoms with Crippen LogP contribution in [0.5, 0.6) is 11.5 Å². The lowest BCUT2D eigenvalue weighted by atomic mass is 10.1. The molecule has 134 valence electrons. The Morgan fingerprint density at radius 1 is 1.25 bits per heavy atom. The number of hydrogen-bond acceptors (Lipinski definition) is 5. The monoisotopic (exact) mass is 400 g/mol. The van der Waals surface area contributed by atoms with Crippen molar-refractivity contribution < 1.29 is 19.0 Å². The Kier molecular flexibility index (Phi) is 5.98. The summed E-state index contributed by atoms with van der Waals surface area (Å²) in [7, 11) is 3.29. The molecule has 1 N–H and O–H groups in total. The van der Waals surface area contributed by atoms with Gasteiger partial charge < -0.3 is 19.5 Å². The molecule has 2 rings (SSSR count). The van der Waals surface area contributed by atoms with Crippen molar-refractivity contribution in [3.63, 3.8) is 0 Å². The van der Waals surface area contributed by atoms with Crippen LogP contribution >= 0.6 is 15.9 Å². The summed E-state index contributed by atoms with van der Waals surface area (Å²) in [5.74, 6) is 1.56. The van der Waals surface area contributed by atoms with Gasteiger partial charge in [0.05, 0.1) is 25.8 Å². The fourth-order valence-corrected chi connectivity index (χ4v) is 3.01. The molecule has 24 heavy (non-hydrogen) atoms. The van der Waals surface area contributed by atoms with Crippen LogP contribution in [0, 0.1) is 0 Å². The van der Waals surface area contributed by atoms with Crippen LogP contribution in [0.3, 0.4) is 0 Å². The molecule has 1 fully saturated rings. The molecular weight excluding hydrogens is 376 g/mol. The summed E-state index contributed by atoms with van der Waals surface area (Å²) in [6.07, 6.45) is -0.369. The highest BCUT2D eigenvalue weighted by atomic mass is 79.9. The topological polar surface area (TPSA) is 60.0 Å². The van der Waals surface area contributed by atoms with Gasteiger partial charge in [-0.15, -0.1) is 0 Å². The van der Waals surface area contributed by atoms with E-state index in [1.54, 1.807) is 14.2 Å². The Labute approximate surface area is 151 Å². The highest BCUT2D eigenvalue weighted by Crippen LogP contribution is 2.34. The molecule has 0 unspecified atom stereocenters. The third-order valence-corrected chi connectivity index (χ3v) is 4.09. The van der Waals surface area contributed by atoms with Gasteiger partial charge in [-0.3, -0.25) is 4.90 Å². The summed E-state index contributed by atoms with van der Waals surface area (Å²) >= 11 is 3.45. The predicted molar refractivity (Wildman–Crippen MR) is 95.7 cm³/mol. The van der Waals surface area contributed by atoms with Gasteiger partial charge >= 0.3 is 6.09 Å². The average Bonchev–Trinajstić information content (AvgIpc) is 2.43. The normalized spacial score (nSPS) is 15.6. The third-order valence-electron chi connectivity index (χ3n) is 3.63. The van der Waals surface area contributed by atoms with E-state index in [9.17, 15) is 4.79 Å². The molecule has 0 saturated carbocycles. The van der Waals surface area contributed by atoms with E-state index in [0.29, 0.717) is 6.54 Å². The zero-order valence-corrected chi connectivity index (χ0v) is 16.4. The van der Waals surface area contributed by atoms with Gasteiger partial charge in [0.25, 0.3) is 0 Å². The van der Waals surface area contributed by atoms with E-state index in [1.807, 2.05) is 32.9 Å². The number of likely N-dealkylation sites (tertiary alicyclic amines) is 1. The van der Waals surface area contributed by atoms with Crippen LogP contribution in [0.15, 0.2) is 16.6 Å². The molecule has 1 amide bonds. The predicted octanol–water partition coefficient (Wildman–Crippen LogP) is 3.18. The lowest BCUT2D eigenvalue weighted by Crippen LogP contribution is -2.59. The first kappa shape index (κ1) is 18.9. The summed E-state index contributed by atoms with van der Waals surface area (Å²) in [6.45, 7) is 7.79. The van der Waals surface area contributed by atoms with Crippen molar-refractivity contribution >= 4 is 22.0 Å². The van der Waals surface area contributed by atoms with E-state index in [-0.39, 0.29) is 12.1 Å². The lowest BCUT2D eigenvalue weighted by Gasteiger charge is -2.40. The number of nitrogens with one attached hydrogen (secondary N) is 1. The smallest absolute Gasteiger partial charge is 0.407 e. The van der Waals surface area contributed by atoms with Crippen LogP contribution in [0.1, 0.15) is 26.3 Å². The number of benzene rings is 1. The highest BCUT2D eigenvalue weighted by molar-refractivity contribution is 9.10. The Morgan fingerprint density at radius 2 is 1.79 bits per heavy atom. The summed E-state index contributed by atoms with van der Waals surface area (Å²) in [5.41, 5.74) is 0.519. The molecule has 7 heteroatoms. The SMILES string of the molecule is COc1cc(Br)cc(OC)c1CN1CC(NC(=O)OC(C)(C)C)C1. The maximum absolute atomic E-state index is 11.8. The lowest BCUT2D eigenvalue weighted by molar-refractivity contribution is 0.0390. The van der Waals surface area contributed by atoms with Crippen LogP contribution < -0.4 is 14.8 Å². The second-order valence-electron chi connectivity index (χ2n) is 6.83. The Morgan fingerprint density at radius 3 is 2.25 bits per heavy atom. The van der Waals surface area contributed by atoms with Crippen molar-refractivity contribution in [1.29, 1.82) is 0 Å². The number of alkyl carbamates (subject to hydrolysis) is 1. The molecule has 0 radical (unpaired) electrons. The standard InChI is InChI=1S/C17H25BrN2O4/c1-17(2,3)24-16(21)19-12-8-20(9-12)10-13-14(22-4)6-11(18)7-15(13)23-5/h6-7,12H,8-10H2,1-5H3,(H,19,21). The van der Waals surface area contributed by atoms with Gasteiger partial charge in [-0.05, 0) is 32.9 Å².